The van der Waals surface area contributed by atoms with Gasteiger partial charge in [-0.25, -0.2) is 4.68 Å². The quantitative estimate of drug-likeness (QED) is 0.721. The fourth-order valence-corrected chi connectivity index (χ4v) is 1.23. The van der Waals surface area contributed by atoms with Gasteiger partial charge >= 0.3 is 0 Å². The van der Waals surface area contributed by atoms with Gasteiger partial charge in [-0.15, -0.1) is 0 Å². The molecule has 1 aromatic heterocycles. The zero-order valence-electron chi connectivity index (χ0n) is 10.00. The van der Waals surface area contributed by atoms with E-state index in [-0.39, 0.29) is 5.54 Å². The van der Waals surface area contributed by atoms with Gasteiger partial charge in [-0.2, -0.15) is 10.1 Å². The Morgan fingerprint density at radius 3 is 2.14 bits per heavy atom. The van der Waals surface area contributed by atoms with Gasteiger partial charge in [-0.3, -0.25) is 0 Å². The largest absolute Gasteiger partial charge is 0.347 e. The van der Waals surface area contributed by atoms with Crippen molar-refractivity contribution in [1.82, 2.24) is 14.8 Å². The van der Waals surface area contributed by atoms with Crippen LogP contribution in [-0.4, -0.2) is 28.9 Å². The maximum Gasteiger partial charge on any atom is 0.224 e. The number of hydrogen-bond acceptors (Lipinski definition) is 3. The van der Waals surface area contributed by atoms with Crippen LogP contribution in [0, 0.1) is 0 Å². The van der Waals surface area contributed by atoms with Gasteiger partial charge in [-0.05, 0) is 20.8 Å². The van der Waals surface area contributed by atoms with Crippen LogP contribution in [0.3, 0.4) is 0 Å². The molecule has 4 heteroatoms. The van der Waals surface area contributed by atoms with Gasteiger partial charge in [0, 0.05) is 20.5 Å². The summed E-state index contributed by atoms with van der Waals surface area (Å²) in [5.41, 5.74) is -0.0139. The van der Waals surface area contributed by atoms with E-state index in [0.29, 0.717) is 0 Å². The lowest BCUT2D eigenvalue weighted by Crippen LogP contribution is -2.28. The highest BCUT2D eigenvalue weighted by atomic mass is 15.5. The number of anilines is 1. The molecule has 0 aromatic carbocycles. The molecule has 4 nitrogen and oxygen atoms in total. The minimum Gasteiger partial charge on any atom is -0.347 e. The summed E-state index contributed by atoms with van der Waals surface area (Å²) in [7, 11) is 3.98. The Morgan fingerprint density at radius 2 is 1.86 bits per heavy atom. The van der Waals surface area contributed by atoms with Crippen LogP contribution in [0.5, 0.6) is 0 Å². The Hall–Kier alpha value is -1.06. The van der Waals surface area contributed by atoms with Gasteiger partial charge in [0.25, 0.3) is 0 Å². The molecular formula is C10H20N4. The Bertz CT molecular complexity index is 306. The highest BCUT2D eigenvalue weighted by Crippen LogP contribution is 2.20. The fraction of sp³-hybridized carbons (Fsp3) is 0.800. The van der Waals surface area contributed by atoms with E-state index in [4.69, 9.17) is 0 Å². The first-order chi connectivity index (χ1) is 6.36. The maximum absolute atomic E-state index is 4.49. The topological polar surface area (TPSA) is 34.0 Å². The summed E-state index contributed by atoms with van der Waals surface area (Å²) in [5.74, 6) is 1.83. The zero-order valence-corrected chi connectivity index (χ0v) is 10.00. The van der Waals surface area contributed by atoms with Crippen LogP contribution in [0.15, 0.2) is 0 Å². The average Bonchev–Trinajstić information content (AvgIpc) is 2.46. The number of aromatic nitrogens is 3. The molecule has 1 rings (SSSR count). The van der Waals surface area contributed by atoms with E-state index in [1.54, 1.807) is 0 Å². The second-order valence-corrected chi connectivity index (χ2v) is 4.66. The van der Waals surface area contributed by atoms with Crippen LogP contribution in [-0.2, 0) is 12.0 Å². The zero-order chi connectivity index (χ0) is 10.9. The molecular weight excluding hydrogens is 176 g/mol. The van der Waals surface area contributed by atoms with Crippen molar-refractivity contribution in [3.05, 3.63) is 5.82 Å². The summed E-state index contributed by atoms with van der Waals surface area (Å²) < 4.78 is 1.98. The van der Waals surface area contributed by atoms with Crippen molar-refractivity contribution in [1.29, 1.82) is 0 Å². The highest BCUT2D eigenvalue weighted by molar-refractivity contribution is 5.28. The molecule has 0 N–H and O–H groups in total. The standard InChI is InChI=1S/C10H20N4/c1-7-8-11-9(13(5)6)14(12-8)10(2,3)4/h7H2,1-6H3. The van der Waals surface area contributed by atoms with Crippen molar-refractivity contribution in [2.75, 3.05) is 19.0 Å². The third kappa shape index (κ3) is 2.05. The van der Waals surface area contributed by atoms with Gasteiger partial charge in [0.1, 0.15) is 0 Å². The van der Waals surface area contributed by atoms with Crippen molar-refractivity contribution >= 4 is 5.95 Å². The number of rotatable bonds is 2. The predicted octanol–water partition coefficient (Wildman–Crippen LogP) is 1.66. The van der Waals surface area contributed by atoms with Crippen LogP contribution in [0.1, 0.15) is 33.5 Å². The third-order valence-electron chi connectivity index (χ3n) is 1.99. The molecule has 1 heterocycles. The first-order valence-corrected chi connectivity index (χ1v) is 5.00. The van der Waals surface area contributed by atoms with Crippen LogP contribution in [0.2, 0.25) is 0 Å². The van der Waals surface area contributed by atoms with Crippen LogP contribution in [0.4, 0.5) is 5.95 Å². The van der Waals surface area contributed by atoms with Crippen LogP contribution in [0.25, 0.3) is 0 Å². The lowest BCUT2D eigenvalue weighted by Gasteiger charge is -2.23. The molecule has 0 saturated heterocycles. The molecule has 0 aliphatic carbocycles. The van der Waals surface area contributed by atoms with E-state index in [1.165, 1.54) is 0 Å². The lowest BCUT2D eigenvalue weighted by molar-refractivity contribution is 0.355. The summed E-state index contributed by atoms with van der Waals surface area (Å²) >= 11 is 0. The van der Waals surface area contributed by atoms with Gasteiger partial charge in [0.2, 0.25) is 5.95 Å². The molecule has 1 aromatic rings. The molecule has 0 unspecified atom stereocenters. The van der Waals surface area contributed by atoms with Gasteiger partial charge in [-0.1, -0.05) is 6.92 Å². The SMILES string of the molecule is CCc1nc(N(C)C)n(C(C)(C)C)n1. The van der Waals surface area contributed by atoms with E-state index in [9.17, 15) is 0 Å². The van der Waals surface area contributed by atoms with E-state index >= 15 is 0 Å². The van der Waals surface area contributed by atoms with E-state index < -0.39 is 0 Å². The molecule has 0 bridgehead atoms. The van der Waals surface area contributed by atoms with E-state index in [1.807, 2.05) is 23.7 Å². The normalized spacial score (nSPS) is 11.9. The predicted molar refractivity (Wildman–Crippen MR) is 58.7 cm³/mol. The van der Waals surface area contributed by atoms with Crippen molar-refractivity contribution in [2.24, 2.45) is 0 Å². The minimum absolute atomic E-state index is 0.0139. The summed E-state index contributed by atoms with van der Waals surface area (Å²) in [4.78, 5) is 6.47. The molecule has 14 heavy (non-hydrogen) atoms. The molecule has 0 aliphatic rings. The van der Waals surface area contributed by atoms with E-state index in [2.05, 4.69) is 37.8 Å². The lowest BCUT2D eigenvalue weighted by atomic mass is 10.1. The van der Waals surface area contributed by atoms with E-state index in [0.717, 1.165) is 18.2 Å². The van der Waals surface area contributed by atoms with Crippen molar-refractivity contribution < 1.29 is 0 Å². The molecule has 0 saturated carbocycles. The number of hydrogen-bond donors (Lipinski definition) is 0. The Balaban J connectivity index is 3.19. The number of nitrogens with zero attached hydrogens (tertiary/aromatic N) is 4. The van der Waals surface area contributed by atoms with Crippen LogP contribution >= 0.6 is 0 Å². The minimum atomic E-state index is -0.0139. The van der Waals surface area contributed by atoms with Crippen LogP contribution < -0.4 is 4.90 Å². The third-order valence-corrected chi connectivity index (χ3v) is 1.99. The van der Waals surface area contributed by atoms with Crippen molar-refractivity contribution in [3.63, 3.8) is 0 Å². The maximum atomic E-state index is 4.49. The fourth-order valence-electron chi connectivity index (χ4n) is 1.23. The highest BCUT2D eigenvalue weighted by Gasteiger charge is 2.21. The second-order valence-electron chi connectivity index (χ2n) is 4.66. The molecule has 0 spiro atoms. The molecule has 0 atom stereocenters. The Kier molecular flexibility index (Phi) is 2.83. The number of aryl methyl sites for hydroxylation is 1. The Morgan fingerprint density at radius 1 is 1.29 bits per heavy atom. The van der Waals surface area contributed by atoms with Gasteiger partial charge in [0.15, 0.2) is 5.82 Å². The summed E-state index contributed by atoms with van der Waals surface area (Å²) in [6, 6.07) is 0. The molecule has 0 fully saturated rings. The molecule has 0 aliphatic heterocycles. The van der Waals surface area contributed by atoms with Gasteiger partial charge in [0.05, 0.1) is 5.54 Å². The molecule has 80 valence electrons. The second kappa shape index (κ2) is 3.59. The first-order valence-electron chi connectivity index (χ1n) is 5.00. The smallest absolute Gasteiger partial charge is 0.224 e. The monoisotopic (exact) mass is 196 g/mol. The Labute approximate surface area is 85.9 Å². The van der Waals surface area contributed by atoms with Crippen molar-refractivity contribution in [3.8, 4) is 0 Å². The van der Waals surface area contributed by atoms with Gasteiger partial charge < -0.3 is 4.90 Å². The molecule has 0 amide bonds. The van der Waals surface area contributed by atoms with Crippen molar-refractivity contribution in [2.45, 2.75) is 39.7 Å². The summed E-state index contributed by atoms with van der Waals surface area (Å²) in [6.45, 7) is 8.47. The summed E-state index contributed by atoms with van der Waals surface area (Å²) in [6.07, 6.45) is 0.879. The average molecular weight is 196 g/mol. The molecule has 0 radical (unpaired) electrons. The summed E-state index contributed by atoms with van der Waals surface area (Å²) in [5, 5.41) is 4.49. The first kappa shape index (κ1) is 11.0.